The van der Waals surface area contributed by atoms with Crippen molar-refractivity contribution in [2.24, 2.45) is 0 Å². The first-order valence-electron chi connectivity index (χ1n) is 8.28. The Hall–Kier alpha value is -2.46. The zero-order valence-corrected chi connectivity index (χ0v) is 13.9. The van der Waals surface area contributed by atoms with Crippen LogP contribution in [0.15, 0.2) is 48.7 Å². The number of hydrogen-bond donors (Lipinski definition) is 1. The van der Waals surface area contributed by atoms with Gasteiger partial charge < -0.3 is 10.1 Å². The van der Waals surface area contributed by atoms with Gasteiger partial charge in [0, 0.05) is 37.0 Å². The highest BCUT2D eigenvalue weighted by Crippen LogP contribution is 2.31. The van der Waals surface area contributed by atoms with Crippen LogP contribution in [0.25, 0.3) is 6.08 Å². The third-order valence-corrected chi connectivity index (χ3v) is 4.36. The summed E-state index contributed by atoms with van der Waals surface area (Å²) in [5.74, 6) is -0.329. The SMILES string of the molecule is COC(=O)/C=C/c1ccc2c(c1)CCC2NCCc1ccccn1. The Bertz CT molecular complexity index is 726. The number of benzene rings is 1. The fraction of sp³-hybridized carbons (Fsp3) is 0.300. The molecule has 24 heavy (non-hydrogen) atoms. The van der Waals surface area contributed by atoms with E-state index in [0.717, 1.165) is 37.1 Å². The maximum Gasteiger partial charge on any atom is 0.330 e. The molecular formula is C20H22N2O2. The molecule has 0 saturated carbocycles. The van der Waals surface area contributed by atoms with Crippen LogP contribution < -0.4 is 5.32 Å². The fourth-order valence-electron chi connectivity index (χ4n) is 3.11. The number of hydrogen-bond acceptors (Lipinski definition) is 4. The van der Waals surface area contributed by atoms with Gasteiger partial charge in [0.05, 0.1) is 7.11 Å². The van der Waals surface area contributed by atoms with E-state index in [4.69, 9.17) is 0 Å². The first kappa shape index (κ1) is 16.4. The number of aryl methyl sites for hydroxylation is 1. The van der Waals surface area contributed by atoms with E-state index in [9.17, 15) is 4.79 Å². The van der Waals surface area contributed by atoms with Gasteiger partial charge in [-0.25, -0.2) is 4.79 Å². The van der Waals surface area contributed by atoms with Gasteiger partial charge in [0.1, 0.15) is 0 Å². The molecule has 4 nitrogen and oxygen atoms in total. The molecule has 0 radical (unpaired) electrons. The van der Waals surface area contributed by atoms with Gasteiger partial charge >= 0.3 is 5.97 Å². The summed E-state index contributed by atoms with van der Waals surface area (Å²) >= 11 is 0. The van der Waals surface area contributed by atoms with Crippen molar-refractivity contribution in [1.29, 1.82) is 0 Å². The number of nitrogens with zero attached hydrogens (tertiary/aromatic N) is 1. The van der Waals surface area contributed by atoms with Crippen LogP contribution in [-0.4, -0.2) is 24.6 Å². The lowest BCUT2D eigenvalue weighted by Crippen LogP contribution is -2.22. The summed E-state index contributed by atoms with van der Waals surface area (Å²) in [6.07, 6.45) is 8.21. The Morgan fingerprint density at radius 1 is 1.38 bits per heavy atom. The molecule has 4 heteroatoms. The molecule has 1 aliphatic rings. The van der Waals surface area contributed by atoms with Gasteiger partial charge in [-0.2, -0.15) is 0 Å². The molecule has 1 aliphatic carbocycles. The summed E-state index contributed by atoms with van der Waals surface area (Å²) in [5.41, 5.74) is 4.88. The van der Waals surface area contributed by atoms with Crippen LogP contribution in [0.2, 0.25) is 0 Å². The van der Waals surface area contributed by atoms with Crippen LogP contribution >= 0.6 is 0 Å². The van der Waals surface area contributed by atoms with E-state index < -0.39 is 0 Å². The molecular weight excluding hydrogens is 300 g/mol. The van der Waals surface area contributed by atoms with Crippen molar-refractivity contribution >= 4 is 12.0 Å². The second-order valence-corrected chi connectivity index (χ2v) is 5.93. The topological polar surface area (TPSA) is 51.2 Å². The van der Waals surface area contributed by atoms with Crippen molar-refractivity contribution in [2.45, 2.75) is 25.3 Å². The second-order valence-electron chi connectivity index (χ2n) is 5.93. The predicted molar refractivity (Wildman–Crippen MR) is 94.5 cm³/mol. The van der Waals surface area contributed by atoms with Gasteiger partial charge in [-0.15, -0.1) is 0 Å². The standard InChI is InChI=1S/C20H22N2O2/c1-24-20(23)10-6-15-5-8-18-16(14-15)7-9-19(18)22-13-11-17-4-2-3-12-21-17/h2-6,8,10,12,14,19,22H,7,9,11,13H2,1H3/b10-6+. The summed E-state index contributed by atoms with van der Waals surface area (Å²) in [4.78, 5) is 15.5. The third kappa shape index (κ3) is 4.09. The minimum Gasteiger partial charge on any atom is -0.466 e. The number of esters is 1. The smallest absolute Gasteiger partial charge is 0.330 e. The Labute approximate surface area is 142 Å². The van der Waals surface area contributed by atoms with E-state index in [-0.39, 0.29) is 5.97 Å². The van der Waals surface area contributed by atoms with Crippen LogP contribution in [0.1, 0.15) is 34.8 Å². The lowest BCUT2D eigenvalue weighted by atomic mass is 10.0. The third-order valence-electron chi connectivity index (χ3n) is 4.36. The Kier molecular flexibility index (Phi) is 5.39. The van der Waals surface area contributed by atoms with E-state index in [1.807, 2.05) is 18.3 Å². The van der Waals surface area contributed by atoms with E-state index in [1.165, 1.54) is 24.3 Å². The van der Waals surface area contributed by atoms with Crippen LogP contribution in [0, 0.1) is 0 Å². The van der Waals surface area contributed by atoms with Crippen molar-refractivity contribution in [3.8, 4) is 0 Å². The summed E-state index contributed by atoms with van der Waals surface area (Å²) in [6.45, 7) is 0.922. The first-order valence-corrected chi connectivity index (χ1v) is 8.28. The van der Waals surface area contributed by atoms with Crippen molar-refractivity contribution in [2.75, 3.05) is 13.7 Å². The monoisotopic (exact) mass is 322 g/mol. The molecule has 2 aromatic rings. The number of rotatable bonds is 6. The minimum absolute atomic E-state index is 0.329. The molecule has 0 spiro atoms. The van der Waals surface area contributed by atoms with Gasteiger partial charge in [0.2, 0.25) is 0 Å². The predicted octanol–water partition coefficient (Wildman–Crippen LogP) is 3.09. The number of carbonyl (C=O) groups excluding carboxylic acids is 1. The van der Waals surface area contributed by atoms with Crippen molar-refractivity contribution in [1.82, 2.24) is 10.3 Å². The maximum atomic E-state index is 11.2. The van der Waals surface area contributed by atoms with Gasteiger partial charge in [-0.05, 0) is 47.7 Å². The van der Waals surface area contributed by atoms with Crippen molar-refractivity contribution in [3.63, 3.8) is 0 Å². The van der Waals surface area contributed by atoms with E-state index in [2.05, 4.69) is 39.3 Å². The highest BCUT2D eigenvalue weighted by Gasteiger charge is 2.21. The lowest BCUT2D eigenvalue weighted by Gasteiger charge is -2.14. The Morgan fingerprint density at radius 2 is 2.29 bits per heavy atom. The van der Waals surface area contributed by atoms with E-state index in [0.29, 0.717) is 6.04 Å². The number of carbonyl (C=O) groups is 1. The maximum absolute atomic E-state index is 11.2. The van der Waals surface area contributed by atoms with E-state index in [1.54, 1.807) is 6.08 Å². The minimum atomic E-state index is -0.329. The zero-order chi connectivity index (χ0) is 16.8. The number of nitrogens with one attached hydrogen (secondary N) is 1. The zero-order valence-electron chi connectivity index (χ0n) is 13.9. The van der Waals surface area contributed by atoms with Gasteiger partial charge in [-0.1, -0.05) is 24.3 Å². The number of pyridine rings is 1. The summed E-state index contributed by atoms with van der Waals surface area (Å²) in [6, 6.07) is 12.8. The number of methoxy groups -OCH3 is 1. The molecule has 1 aromatic heterocycles. The molecule has 1 atom stereocenters. The van der Waals surface area contributed by atoms with Crippen LogP contribution in [0.4, 0.5) is 0 Å². The van der Waals surface area contributed by atoms with Gasteiger partial charge in [-0.3, -0.25) is 4.98 Å². The molecule has 0 aliphatic heterocycles. The Balaban J connectivity index is 1.58. The van der Waals surface area contributed by atoms with Crippen LogP contribution in [0.3, 0.4) is 0 Å². The van der Waals surface area contributed by atoms with Gasteiger partial charge in [0.25, 0.3) is 0 Å². The second kappa shape index (κ2) is 7.88. The summed E-state index contributed by atoms with van der Waals surface area (Å²) in [5, 5.41) is 3.63. The van der Waals surface area contributed by atoms with Crippen LogP contribution in [0.5, 0.6) is 0 Å². The molecule has 0 fully saturated rings. The molecule has 1 aromatic carbocycles. The number of fused-ring (bicyclic) bond motifs is 1. The van der Waals surface area contributed by atoms with Crippen molar-refractivity contribution in [3.05, 3.63) is 71.1 Å². The summed E-state index contributed by atoms with van der Waals surface area (Å²) < 4.78 is 4.62. The Morgan fingerprint density at radius 3 is 3.08 bits per heavy atom. The normalized spacial score (nSPS) is 16.3. The van der Waals surface area contributed by atoms with Crippen LogP contribution in [-0.2, 0) is 22.4 Å². The largest absolute Gasteiger partial charge is 0.466 e. The number of ether oxygens (including phenoxy) is 1. The lowest BCUT2D eigenvalue weighted by molar-refractivity contribution is -0.134. The molecule has 1 heterocycles. The highest BCUT2D eigenvalue weighted by atomic mass is 16.5. The highest BCUT2D eigenvalue weighted by molar-refractivity contribution is 5.86. The molecule has 0 amide bonds. The average Bonchev–Trinajstić information content (AvgIpc) is 3.03. The molecule has 3 rings (SSSR count). The molecule has 0 bridgehead atoms. The number of aromatic nitrogens is 1. The van der Waals surface area contributed by atoms with E-state index >= 15 is 0 Å². The average molecular weight is 322 g/mol. The molecule has 0 saturated heterocycles. The van der Waals surface area contributed by atoms with Crippen molar-refractivity contribution < 1.29 is 9.53 Å². The molecule has 124 valence electrons. The van der Waals surface area contributed by atoms with Gasteiger partial charge in [0.15, 0.2) is 0 Å². The fourth-order valence-corrected chi connectivity index (χ4v) is 3.11. The quantitative estimate of drug-likeness (QED) is 0.656. The molecule has 1 N–H and O–H groups in total. The molecule has 1 unspecified atom stereocenters. The first-order chi connectivity index (χ1) is 11.8. The summed E-state index contributed by atoms with van der Waals surface area (Å²) in [7, 11) is 1.39.